The van der Waals surface area contributed by atoms with Crippen LogP contribution in [0, 0.1) is 0 Å². The maximum absolute atomic E-state index is 11.9. The first kappa shape index (κ1) is 8.87. The van der Waals surface area contributed by atoms with Crippen molar-refractivity contribution in [2.24, 2.45) is 0 Å². The molecule has 0 bridgehead atoms. The van der Waals surface area contributed by atoms with E-state index in [9.17, 15) is 8.78 Å². The highest BCUT2D eigenvalue weighted by Crippen LogP contribution is 2.17. The van der Waals surface area contributed by atoms with E-state index < -0.39 is 6.43 Å². The van der Waals surface area contributed by atoms with Crippen LogP contribution in [-0.2, 0) is 0 Å². The highest BCUT2D eigenvalue weighted by molar-refractivity contribution is 4.78. The van der Waals surface area contributed by atoms with Crippen molar-refractivity contribution in [3.05, 3.63) is 0 Å². The van der Waals surface area contributed by atoms with Crippen molar-refractivity contribution in [3.63, 3.8) is 0 Å². The Labute approximate surface area is 64.8 Å². The molecule has 1 N–H and O–H groups in total. The van der Waals surface area contributed by atoms with Gasteiger partial charge in [-0.2, -0.15) is 0 Å². The Bertz CT molecular complexity index is 121. The van der Waals surface area contributed by atoms with E-state index in [-0.39, 0.29) is 19.2 Å². The van der Waals surface area contributed by atoms with E-state index >= 15 is 0 Å². The maximum atomic E-state index is 11.9. The number of rotatable bonds is 3. The molecule has 1 heterocycles. The van der Waals surface area contributed by atoms with Gasteiger partial charge in [-0.3, -0.25) is 4.90 Å². The fourth-order valence-electron chi connectivity index (χ4n) is 1.52. The summed E-state index contributed by atoms with van der Waals surface area (Å²) in [6.45, 7) is 0.521. The molecule has 1 aliphatic heterocycles. The van der Waals surface area contributed by atoms with Gasteiger partial charge in [-0.15, -0.1) is 0 Å². The average molecular weight is 165 g/mol. The molecule has 0 aliphatic carbocycles. The van der Waals surface area contributed by atoms with Crippen molar-refractivity contribution in [1.29, 1.82) is 0 Å². The molecule has 0 saturated carbocycles. The van der Waals surface area contributed by atoms with Crippen molar-refractivity contribution in [1.82, 2.24) is 4.90 Å². The number of halogens is 2. The Morgan fingerprint density at radius 1 is 1.55 bits per heavy atom. The summed E-state index contributed by atoms with van der Waals surface area (Å²) in [4.78, 5) is 1.66. The number of hydrogen-bond donors (Lipinski definition) is 1. The molecule has 0 spiro atoms. The lowest BCUT2D eigenvalue weighted by Gasteiger charge is -2.21. The molecule has 0 radical (unpaired) electrons. The van der Waals surface area contributed by atoms with Crippen LogP contribution in [0.4, 0.5) is 8.78 Å². The van der Waals surface area contributed by atoms with E-state index in [1.165, 1.54) is 0 Å². The van der Waals surface area contributed by atoms with E-state index in [2.05, 4.69) is 0 Å². The second kappa shape index (κ2) is 3.97. The van der Waals surface area contributed by atoms with Crippen LogP contribution in [0.3, 0.4) is 0 Å². The Kier molecular flexibility index (Phi) is 3.20. The van der Waals surface area contributed by atoms with Gasteiger partial charge in [-0.05, 0) is 19.4 Å². The summed E-state index contributed by atoms with van der Waals surface area (Å²) in [5.74, 6) is 0. The van der Waals surface area contributed by atoms with Gasteiger partial charge in [0.1, 0.15) is 0 Å². The zero-order chi connectivity index (χ0) is 8.27. The van der Waals surface area contributed by atoms with Crippen molar-refractivity contribution >= 4 is 0 Å². The predicted molar refractivity (Wildman–Crippen MR) is 37.7 cm³/mol. The molecule has 1 rings (SSSR count). The zero-order valence-electron chi connectivity index (χ0n) is 6.34. The Morgan fingerprint density at radius 2 is 2.27 bits per heavy atom. The molecule has 11 heavy (non-hydrogen) atoms. The summed E-state index contributed by atoms with van der Waals surface area (Å²) in [7, 11) is 0. The number of aliphatic hydroxyl groups excluding tert-OH is 1. The zero-order valence-corrected chi connectivity index (χ0v) is 6.34. The molecule has 1 fully saturated rings. The molecule has 0 unspecified atom stereocenters. The summed E-state index contributed by atoms with van der Waals surface area (Å²) < 4.78 is 23.7. The van der Waals surface area contributed by atoms with Crippen molar-refractivity contribution in [3.8, 4) is 0 Å². The number of likely N-dealkylation sites (tertiary alicyclic amines) is 1. The highest BCUT2D eigenvalue weighted by Gasteiger charge is 2.25. The molecular formula is C7H13F2NO. The van der Waals surface area contributed by atoms with E-state index in [1.54, 1.807) is 4.90 Å². The van der Waals surface area contributed by atoms with E-state index in [4.69, 9.17) is 5.11 Å². The lowest BCUT2D eigenvalue weighted by Crippen LogP contribution is -2.35. The number of nitrogens with zero attached hydrogens (tertiary/aromatic N) is 1. The largest absolute Gasteiger partial charge is 0.395 e. The quantitative estimate of drug-likeness (QED) is 0.665. The molecule has 4 heteroatoms. The van der Waals surface area contributed by atoms with Gasteiger partial charge < -0.3 is 5.11 Å². The molecule has 0 aromatic rings. The van der Waals surface area contributed by atoms with Crippen molar-refractivity contribution in [2.75, 3.05) is 19.7 Å². The maximum Gasteiger partial charge on any atom is 0.251 e. The second-order valence-electron chi connectivity index (χ2n) is 2.86. The van der Waals surface area contributed by atoms with Crippen LogP contribution >= 0.6 is 0 Å². The van der Waals surface area contributed by atoms with Gasteiger partial charge in [-0.1, -0.05) is 0 Å². The summed E-state index contributed by atoms with van der Waals surface area (Å²) >= 11 is 0. The van der Waals surface area contributed by atoms with Crippen LogP contribution in [0.5, 0.6) is 0 Å². The molecule has 1 saturated heterocycles. The smallest absolute Gasteiger partial charge is 0.251 e. The van der Waals surface area contributed by atoms with Gasteiger partial charge in [0.15, 0.2) is 0 Å². The third-order valence-electron chi connectivity index (χ3n) is 2.08. The van der Waals surface area contributed by atoms with Gasteiger partial charge in [0, 0.05) is 6.04 Å². The van der Waals surface area contributed by atoms with E-state index in [0.29, 0.717) is 6.54 Å². The highest BCUT2D eigenvalue weighted by atomic mass is 19.3. The van der Waals surface area contributed by atoms with Crippen LogP contribution in [0.1, 0.15) is 12.8 Å². The Hall–Kier alpha value is -0.220. The molecule has 1 atom stereocenters. The van der Waals surface area contributed by atoms with E-state index in [0.717, 1.165) is 12.8 Å². The summed E-state index contributed by atoms with van der Waals surface area (Å²) in [6.07, 6.45) is -0.497. The Balaban J connectivity index is 2.31. The molecule has 0 amide bonds. The first-order chi connectivity index (χ1) is 5.24. The van der Waals surface area contributed by atoms with Crippen molar-refractivity contribution in [2.45, 2.75) is 25.3 Å². The fraction of sp³-hybridized carbons (Fsp3) is 1.00. The van der Waals surface area contributed by atoms with Crippen LogP contribution in [0.25, 0.3) is 0 Å². The van der Waals surface area contributed by atoms with Crippen LogP contribution in [-0.4, -0.2) is 42.2 Å². The summed E-state index contributed by atoms with van der Waals surface area (Å²) in [5.41, 5.74) is 0. The van der Waals surface area contributed by atoms with Gasteiger partial charge >= 0.3 is 0 Å². The molecule has 66 valence electrons. The summed E-state index contributed by atoms with van der Waals surface area (Å²) in [5, 5.41) is 8.76. The van der Waals surface area contributed by atoms with Crippen LogP contribution in [0.15, 0.2) is 0 Å². The topological polar surface area (TPSA) is 23.5 Å². The number of hydrogen-bond acceptors (Lipinski definition) is 2. The molecule has 1 aliphatic rings. The second-order valence-corrected chi connectivity index (χ2v) is 2.86. The standard InChI is InChI=1S/C7H13F2NO/c8-7(9)4-10-3-1-2-6(10)5-11/h6-7,11H,1-5H2/t6-/m0/s1. The fourth-order valence-corrected chi connectivity index (χ4v) is 1.52. The van der Waals surface area contributed by atoms with Crippen LogP contribution in [0.2, 0.25) is 0 Å². The lowest BCUT2D eigenvalue weighted by molar-refractivity contribution is 0.0663. The third kappa shape index (κ3) is 2.38. The first-order valence-corrected chi connectivity index (χ1v) is 3.87. The summed E-state index contributed by atoms with van der Waals surface area (Å²) in [6, 6.07) is -0.0241. The SMILES string of the molecule is OC[C@@H]1CCCN1CC(F)F. The van der Waals surface area contributed by atoms with E-state index in [1.807, 2.05) is 0 Å². The number of aliphatic hydroxyl groups is 1. The van der Waals surface area contributed by atoms with Gasteiger partial charge in [0.25, 0.3) is 6.43 Å². The predicted octanol–water partition coefficient (Wildman–Crippen LogP) is 0.708. The average Bonchev–Trinajstić information content (AvgIpc) is 2.34. The minimum Gasteiger partial charge on any atom is -0.395 e. The van der Waals surface area contributed by atoms with Crippen LogP contribution < -0.4 is 0 Å². The first-order valence-electron chi connectivity index (χ1n) is 3.87. The normalized spacial score (nSPS) is 26.7. The Morgan fingerprint density at radius 3 is 2.82 bits per heavy atom. The molecule has 0 aromatic carbocycles. The lowest BCUT2D eigenvalue weighted by atomic mass is 10.2. The van der Waals surface area contributed by atoms with Crippen molar-refractivity contribution < 1.29 is 13.9 Å². The molecule has 2 nitrogen and oxygen atoms in total. The number of alkyl halides is 2. The van der Waals surface area contributed by atoms with Gasteiger partial charge in [0.05, 0.1) is 13.2 Å². The minimum absolute atomic E-state index is 0.00667. The minimum atomic E-state index is -2.28. The third-order valence-corrected chi connectivity index (χ3v) is 2.08. The molecule has 0 aromatic heterocycles. The van der Waals surface area contributed by atoms with Gasteiger partial charge in [-0.25, -0.2) is 8.78 Å². The van der Waals surface area contributed by atoms with Gasteiger partial charge in [0.2, 0.25) is 0 Å². The monoisotopic (exact) mass is 165 g/mol. The molecular weight excluding hydrogens is 152 g/mol.